The van der Waals surface area contributed by atoms with Gasteiger partial charge in [0.05, 0.1) is 0 Å². The summed E-state index contributed by atoms with van der Waals surface area (Å²) in [6.07, 6.45) is 5.21. The van der Waals surface area contributed by atoms with Crippen LogP contribution in [0.4, 0.5) is 0 Å². The van der Waals surface area contributed by atoms with Crippen molar-refractivity contribution >= 4 is 11.3 Å². The van der Waals surface area contributed by atoms with E-state index in [9.17, 15) is 0 Å². The second-order valence-electron chi connectivity index (χ2n) is 5.56. The Labute approximate surface area is 129 Å². The van der Waals surface area contributed by atoms with Gasteiger partial charge in [-0.2, -0.15) is 0 Å². The van der Waals surface area contributed by atoms with Crippen LogP contribution in [0.3, 0.4) is 0 Å². The minimum absolute atomic E-state index is 1.02. The number of rotatable bonds is 11. The van der Waals surface area contributed by atoms with Crippen LogP contribution in [0.15, 0.2) is 6.07 Å². The molecule has 0 aromatic carbocycles. The summed E-state index contributed by atoms with van der Waals surface area (Å²) in [6.45, 7) is 14.7. The van der Waals surface area contributed by atoms with Gasteiger partial charge in [0.25, 0.3) is 0 Å². The van der Waals surface area contributed by atoms with Crippen LogP contribution < -0.4 is 5.32 Å². The summed E-state index contributed by atoms with van der Waals surface area (Å²) >= 11 is 1.95. The first kappa shape index (κ1) is 17.7. The van der Waals surface area contributed by atoms with Gasteiger partial charge in [0.15, 0.2) is 0 Å². The number of nitrogens with one attached hydrogen (secondary N) is 1. The number of unbranched alkanes of at least 4 members (excludes halogenated alkanes) is 2. The van der Waals surface area contributed by atoms with Gasteiger partial charge in [-0.05, 0) is 51.0 Å². The molecule has 0 amide bonds. The lowest BCUT2D eigenvalue weighted by atomic mass is 10.2. The number of aryl methyl sites for hydroxylation is 1. The molecule has 3 heteroatoms. The van der Waals surface area contributed by atoms with Crippen molar-refractivity contribution in [2.45, 2.75) is 66.5 Å². The van der Waals surface area contributed by atoms with Gasteiger partial charge in [-0.25, -0.2) is 0 Å². The van der Waals surface area contributed by atoms with Crippen molar-refractivity contribution < 1.29 is 0 Å². The molecule has 0 aliphatic heterocycles. The smallest absolute Gasteiger partial charge is 0.0299 e. The molecular formula is C17H32N2S. The lowest BCUT2D eigenvalue weighted by Gasteiger charge is -2.21. The number of hydrogen-bond acceptors (Lipinski definition) is 3. The Balaban J connectivity index is 2.58. The molecule has 116 valence electrons. The van der Waals surface area contributed by atoms with Crippen LogP contribution in [0, 0.1) is 6.92 Å². The molecule has 0 atom stereocenters. The lowest BCUT2D eigenvalue weighted by molar-refractivity contribution is 0.257. The molecule has 1 aromatic rings. The fraction of sp³-hybridized carbons (Fsp3) is 0.765. The summed E-state index contributed by atoms with van der Waals surface area (Å²) in [6, 6.07) is 2.41. The Bertz CT molecular complexity index is 352. The lowest BCUT2D eigenvalue weighted by Crippen LogP contribution is -2.25. The zero-order valence-electron chi connectivity index (χ0n) is 13.8. The quantitative estimate of drug-likeness (QED) is 0.643. The molecular weight excluding hydrogens is 264 g/mol. The van der Waals surface area contributed by atoms with E-state index in [2.05, 4.69) is 44.0 Å². The monoisotopic (exact) mass is 296 g/mol. The van der Waals surface area contributed by atoms with Gasteiger partial charge in [0, 0.05) is 22.8 Å². The van der Waals surface area contributed by atoms with Crippen LogP contribution in [0.25, 0.3) is 0 Å². The normalized spacial score (nSPS) is 11.4. The van der Waals surface area contributed by atoms with E-state index in [-0.39, 0.29) is 0 Å². The maximum Gasteiger partial charge on any atom is 0.0299 e. The Morgan fingerprint density at radius 2 is 1.75 bits per heavy atom. The topological polar surface area (TPSA) is 15.3 Å². The first-order chi connectivity index (χ1) is 9.71. The molecule has 2 nitrogen and oxygen atoms in total. The SMILES string of the molecule is CCCCN(CCCC)Cc1cc(CNCC)sc1C. The summed E-state index contributed by atoms with van der Waals surface area (Å²) in [4.78, 5) is 5.61. The highest BCUT2D eigenvalue weighted by atomic mass is 32.1. The summed E-state index contributed by atoms with van der Waals surface area (Å²) in [5, 5.41) is 3.42. The molecule has 1 heterocycles. The molecule has 0 saturated carbocycles. The Morgan fingerprint density at radius 3 is 2.30 bits per heavy atom. The number of hydrogen-bond donors (Lipinski definition) is 1. The maximum absolute atomic E-state index is 3.42. The minimum Gasteiger partial charge on any atom is -0.312 e. The molecule has 1 aromatic heterocycles. The van der Waals surface area contributed by atoms with Gasteiger partial charge < -0.3 is 5.32 Å². The van der Waals surface area contributed by atoms with Gasteiger partial charge in [-0.15, -0.1) is 11.3 Å². The molecule has 0 bridgehead atoms. The van der Waals surface area contributed by atoms with Crippen LogP contribution in [-0.2, 0) is 13.1 Å². The van der Waals surface area contributed by atoms with Crippen LogP contribution in [0.2, 0.25) is 0 Å². The van der Waals surface area contributed by atoms with Crippen LogP contribution in [-0.4, -0.2) is 24.5 Å². The summed E-state index contributed by atoms with van der Waals surface area (Å²) in [7, 11) is 0. The van der Waals surface area contributed by atoms with Crippen molar-refractivity contribution in [3.63, 3.8) is 0 Å². The first-order valence-electron chi connectivity index (χ1n) is 8.22. The van der Waals surface area contributed by atoms with Crippen molar-refractivity contribution in [2.75, 3.05) is 19.6 Å². The fourth-order valence-electron chi connectivity index (χ4n) is 2.35. The third kappa shape index (κ3) is 6.38. The predicted octanol–water partition coefficient (Wildman–Crippen LogP) is 4.57. The largest absolute Gasteiger partial charge is 0.312 e. The number of thiophene rings is 1. The van der Waals surface area contributed by atoms with Crippen molar-refractivity contribution in [1.82, 2.24) is 10.2 Å². The molecule has 0 unspecified atom stereocenters. The van der Waals surface area contributed by atoms with E-state index in [1.165, 1.54) is 54.1 Å². The van der Waals surface area contributed by atoms with Gasteiger partial charge in [0.1, 0.15) is 0 Å². The third-order valence-corrected chi connectivity index (χ3v) is 4.76. The van der Waals surface area contributed by atoms with E-state index in [1.807, 2.05) is 11.3 Å². The molecule has 0 aliphatic rings. The van der Waals surface area contributed by atoms with Crippen LogP contribution >= 0.6 is 11.3 Å². The molecule has 20 heavy (non-hydrogen) atoms. The van der Waals surface area contributed by atoms with Gasteiger partial charge in [0.2, 0.25) is 0 Å². The second kappa shape index (κ2) is 10.4. The van der Waals surface area contributed by atoms with E-state index >= 15 is 0 Å². The molecule has 0 radical (unpaired) electrons. The van der Waals surface area contributed by atoms with E-state index < -0.39 is 0 Å². The summed E-state index contributed by atoms with van der Waals surface area (Å²) < 4.78 is 0. The van der Waals surface area contributed by atoms with Crippen LogP contribution in [0.1, 0.15) is 61.8 Å². The highest BCUT2D eigenvalue weighted by Gasteiger charge is 2.10. The summed E-state index contributed by atoms with van der Waals surface area (Å²) in [5.74, 6) is 0. The molecule has 1 N–H and O–H groups in total. The van der Waals surface area contributed by atoms with E-state index in [4.69, 9.17) is 0 Å². The van der Waals surface area contributed by atoms with Crippen molar-refractivity contribution in [1.29, 1.82) is 0 Å². The molecule has 0 saturated heterocycles. The Hall–Kier alpha value is -0.380. The molecule has 1 rings (SSSR count). The molecule has 0 fully saturated rings. The summed E-state index contributed by atoms with van der Waals surface area (Å²) in [5.41, 5.74) is 1.54. The zero-order chi connectivity index (χ0) is 14.8. The highest BCUT2D eigenvalue weighted by molar-refractivity contribution is 7.12. The second-order valence-corrected chi connectivity index (χ2v) is 6.90. The van der Waals surface area contributed by atoms with Crippen molar-refractivity contribution in [2.24, 2.45) is 0 Å². The van der Waals surface area contributed by atoms with E-state index in [0.717, 1.165) is 19.6 Å². The average molecular weight is 297 g/mol. The van der Waals surface area contributed by atoms with Crippen LogP contribution in [0.5, 0.6) is 0 Å². The van der Waals surface area contributed by atoms with Crippen molar-refractivity contribution in [3.05, 3.63) is 21.4 Å². The Kier molecular flexibility index (Phi) is 9.16. The maximum atomic E-state index is 3.42. The molecule has 0 aliphatic carbocycles. The number of nitrogens with zero attached hydrogens (tertiary/aromatic N) is 1. The fourth-order valence-corrected chi connectivity index (χ4v) is 3.38. The first-order valence-corrected chi connectivity index (χ1v) is 9.04. The van der Waals surface area contributed by atoms with Gasteiger partial charge >= 0.3 is 0 Å². The zero-order valence-corrected chi connectivity index (χ0v) is 14.6. The average Bonchev–Trinajstić information content (AvgIpc) is 2.79. The predicted molar refractivity (Wildman–Crippen MR) is 91.5 cm³/mol. The van der Waals surface area contributed by atoms with Gasteiger partial charge in [-0.1, -0.05) is 33.6 Å². The molecule has 0 spiro atoms. The van der Waals surface area contributed by atoms with E-state index in [0.29, 0.717) is 0 Å². The standard InChI is InChI=1S/C17H32N2S/c1-5-8-10-19(11-9-6-2)14-16-12-17(13-18-7-3)20-15(16)4/h12,18H,5-11,13-14H2,1-4H3. The Morgan fingerprint density at radius 1 is 1.10 bits per heavy atom. The highest BCUT2D eigenvalue weighted by Crippen LogP contribution is 2.23. The van der Waals surface area contributed by atoms with E-state index in [1.54, 1.807) is 0 Å². The van der Waals surface area contributed by atoms with Gasteiger partial charge in [-0.3, -0.25) is 4.90 Å². The van der Waals surface area contributed by atoms with Crippen molar-refractivity contribution in [3.8, 4) is 0 Å². The minimum atomic E-state index is 1.02. The third-order valence-electron chi connectivity index (χ3n) is 3.67.